The third kappa shape index (κ3) is 5.39. The summed E-state index contributed by atoms with van der Waals surface area (Å²) in [6.45, 7) is 1.82. The van der Waals surface area contributed by atoms with Crippen molar-refractivity contribution in [3.05, 3.63) is 71.3 Å². The van der Waals surface area contributed by atoms with E-state index < -0.39 is 0 Å². The van der Waals surface area contributed by atoms with Gasteiger partial charge < -0.3 is 10.6 Å². The summed E-state index contributed by atoms with van der Waals surface area (Å²) < 4.78 is 0. The first-order valence-electron chi connectivity index (χ1n) is 7.28. The molecule has 0 aliphatic rings. The molecule has 0 bridgehead atoms. The molecule has 0 spiro atoms. The van der Waals surface area contributed by atoms with E-state index in [9.17, 15) is 4.79 Å². The van der Waals surface area contributed by atoms with E-state index in [0.29, 0.717) is 31.6 Å². The number of nitriles is 1. The highest BCUT2D eigenvalue weighted by Gasteiger charge is 2.01. The second-order valence-electron chi connectivity index (χ2n) is 5.00. The van der Waals surface area contributed by atoms with Crippen LogP contribution in [0.1, 0.15) is 23.1 Å². The Morgan fingerprint density at radius 1 is 1.00 bits per heavy atom. The molecule has 0 radical (unpaired) electrons. The van der Waals surface area contributed by atoms with E-state index in [1.807, 2.05) is 48.5 Å². The van der Waals surface area contributed by atoms with E-state index >= 15 is 0 Å². The van der Waals surface area contributed by atoms with Gasteiger partial charge in [0, 0.05) is 26.1 Å². The summed E-state index contributed by atoms with van der Waals surface area (Å²) in [5.74, 6) is 0.0297. The van der Waals surface area contributed by atoms with Crippen molar-refractivity contribution in [2.75, 3.05) is 6.54 Å². The van der Waals surface area contributed by atoms with Gasteiger partial charge in [-0.15, -0.1) is 0 Å². The Morgan fingerprint density at radius 3 is 2.55 bits per heavy atom. The Hall–Kier alpha value is -2.64. The fourth-order valence-corrected chi connectivity index (χ4v) is 2.07. The highest BCUT2D eigenvalue weighted by molar-refractivity contribution is 5.76. The van der Waals surface area contributed by atoms with Crippen LogP contribution in [-0.2, 0) is 17.9 Å². The fraction of sp³-hybridized carbons (Fsp3) is 0.222. The van der Waals surface area contributed by atoms with Gasteiger partial charge >= 0.3 is 0 Å². The molecule has 0 aliphatic carbocycles. The predicted octanol–water partition coefficient (Wildman–Crippen LogP) is 2.35. The average Bonchev–Trinajstić information content (AvgIpc) is 2.58. The second-order valence-corrected chi connectivity index (χ2v) is 5.00. The summed E-state index contributed by atoms with van der Waals surface area (Å²) in [6.07, 6.45) is 0.435. The van der Waals surface area contributed by atoms with Gasteiger partial charge in [0.25, 0.3) is 0 Å². The number of amides is 1. The third-order valence-electron chi connectivity index (χ3n) is 3.25. The standard InChI is InChI=1S/C18H19N3O/c19-12-16-7-4-8-17(11-16)13-20-10-9-18(22)21-14-15-5-2-1-3-6-15/h1-8,11,20H,9-10,13-14H2,(H,21,22). The Balaban J connectivity index is 1.64. The van der Waals surface area contributed by atoms with Crippen molar-refractivity contribution in [2.24, 2.45) is 0 Å². The molecule has 0 aromatic heterocycles. The van der Waals surface area contributed by atoms with E-state index in [4.69, 9.17) is 5.26 Å². The lowest BCUT2D eigenvalue weighted by Gasteiger charge is -2.07. The van der Waals surface area contributed by atoms with Gasteiger partial charge in [-0.2, -0.15) is 5.26 Å². The first-order valence-corrected chi connectivity index (χ1v) is 7.28. The molecule has 4 nitrogen and oxygen atoms in total. The lowest BCUT2D eigenvalue weighted by Crippen LogP contribution is -2.27. The summed E-state index contributed by atoms with van der Waals surface area (Å²) in [6, 6.07) is 19.4. The molecule has 0 atom stereocenters. The van der Waals surface area contributed by atoms with E-state index in [0.717, 1.165) is 11.1 Å². The minimum atomic E-state index is 0.0297. The number of rotatable bonds is 7. The Kier molecular flexibility index (Phi) is 6.16. The van der Waals surface area contributed by atoms with Gasteiger partial charge in [-0.05, 0) is 23.3 Å². The maximum absolute atomic E-state index is 11.7. The number of hydrogen-bond donors (Lipinski definition) is 2. The van der Waals surface area contributed by atoms with Crippen molar-refractivity contribution in [1.29, 1.82) is 5.26 Å². The summed E-state index contributed by atoms with van der Waals surface area (Å²) in [5, 5.41) is 14.9. The summed E-state index contributed by atoms with van der Waals surface area (Å²) >= 11 is 0. The Labute approximate surface area is 130 Å². The van der Waals surface area contributed by atoms with E-state index in [-0.39, 0.29) is 5.91 Å². The second kappa shape index (κ2) is 8.60. The molecule has 0 saturated heterocycles. The van der Waals surface area contributed by atoms with Crippen LogP contribution >= 0.6 is 0 Å². The van der Waals surface area contributed by atoms with Crippen LogP contribution in [0.25, 0.3) is 0 Å². The predicted molar refractivity (Wildman–Crippen MR) is 85.8 cm³/mol. The van der Waals surface area contributed by atoms with Crippen LogP contribution in [0.4, 0.5) is 0 Å². The minimum absolute atomic E-state index is 0.0297. The van der Waals surface area contributed by atoms with Crippen LogP contribution in [0.3, 0.4) is 0 Å². The highest BCUT2D eigenvalue weighted by Crippen LogP contribution is 2.03. The first-order chi connectivity index (χ1) is 10.8. The molecule has 1 amide bonds. The zero-order chi connectivity index (χ0) is 15.6. The normalized spacial score (nSPS) is 9.95. The third-order valence-corrected chi connectivity index (χ3v) is 3.25. The topological polar surface area (TPSA) is 64.9 Å². The van der Waals surface area contributed by atoms with Gasteiger partial charge in [-0.25, -0.2) is 0 Å². The number of nitrogens with one attached hydrogen (secondary N) is 2. The zero-order valence-electron chi connectivity index (χ0n) is 12.4. The zero-order valence-corrected chi connectivity index (χ0v) is 12.4. The van der Waals surface area contributed by atoms with Gasteiger partial charge in [0.05, 0.1) is 11.6 Å². The molecule has 2 rings (SSSR count). The largest absolute Gasteiger partial charge is 0.352 e. The van der Waals surface area contributed by atoms with Crippen LogP contribution in [0.2, 0.25) is 0 Å². The van der Waals surface area contributed by atoms with Crippen molar-refractivity contribution in [3.63, 3.8) is 0 Å². The Bertz CT molecular complexity index is 647. The molecule has 0 unspecified atom stereocenters. The molecular formula is C18H19N3O. The maximum atomic E-state index is 11.7. The van der Waals surface area contributed by atoms with E-state index in [1.165, 1.54) is 0 Å². The van der Waals surface area contributed by atoms with E-state index in [2.05, 4.69) is 16.7 Å². The molecule has 0 fully saturated rings. The molecule has 2 aromatic carbocycles. The lowest BCUT2D eigenvalue weighted by molar-refractivity contribution is -0.121. The molecular weight excluding hydrogens is 274 g/mol. The SMILES string of the molecule is N#Cc1cccc(CNCCC(=O)NCc2ccccc2)c1. The molecule has 22 heavy (non-hydrogen) atoms. The van der Waals surface area contributed by atoms with Gasteiger partial charge in [0.15, 0.2) is 0 Å². The van der Waals surface area contributed by atoms with Crippen molar-refractivity contribution in [3.8, 4) is 6.07 Å². The van der Waals surface area contributed by atoms with Crippen molar-refractivity contribution in [2.45, 2.75) is 19.5 Å². The molecule has 0 heterocycles. The number of benzene rings is 2. The highest BCUT2D eigenvalue weighted by atomic mass is 16.1. The van der Waals surface area contributed by atoms with Crippen molar-refractivity contribution >= 4 is 5.91 Å². The van der Waals surface area contributed by atoms with Gasteiger partial charge in [-0.1, -0.05) is 42.5 Å². The fourth-order valence-electron chi connectivity index (χ4n) is 2.07. The molecule has 2 N–H and O–H groups in total. The number of hydrogen-bond acceptors (Lipinski definition) is 3. The Morgan fingerprint density at radius 2 is 1.77 bits per heavy atom. The maximum Gasteiger partial charge on any atom is 0.221 e. The van der Waals surface area contributed by atoms with Crippen LogP contribution < -0.4 is 10.6 Å². The molecule has 4 heteroatoms. The molecule has 0 saturated carbocycles. The van der Waals surface area contributed by atoms with Crippen molar-refractivity contribution < 1.29 is 4.79 Å². The summed E-state index contributed by atoms with van der Waals surface area (Å²) in [7, 11) is 0. The molecule has 0 aliphatic heterocycles. The summed E-state index contributed by atoms with van der Waals surface area (Å²) in [5.41, 5.74) is 2.79. The number of carbonyl (C=O) groups is 1. The molecule has 112 valence electrons. The minimum Gasteiger partial charge on any atom is -0.352 e. The average molecular weight is 293 g/mol. The lowest BCUT2D eigenvalue weighted by atomic mass is 10.1. The first kappa shape index (κ1) is 15.7. The van der Waals surface area contributed by atoms with Gasteiger partial charge in [-0.3, -0.25) is 4.79 Å². The van der Waals surface area contributed by atoms with Crippen molar-refractivity contribution in [1.82, 2.24) is 10.6 Å². The van der Waals surface area contributed by atoms with Crippen LogP contribution in [-0.4, -0.2) is 12.5 Å². The van der Waals surface area contributed by atoms with E-state index in [1.54, 1.807) is 6.07 Å². The van der Waals surface area contributed by atoms with Crippen LogP contribution in [0.5, 0.6) is 0 Å². The quantitative estimate of drug-likeness (QED) is 0.770. The van der Waals surface area contributed by atoms with Crippen LogP contribution in [0, 0.1) is 11.3 Å². The smallest absolute Gasteiger partial charge is 0.221 e. The number of carbonyl (C=O) groups excluding carboxylic acids is 1. The van der Waals surface area contributed by atoms with Crippen LogP contribution in [0.15, 0.2) is 54.6 Å². The van der Waals surface area contributed by atoms with Gasteiger partial charge in [0.2, 0.25) is 5.91 Å². The molecule has 2 aromatic rings. The van der Waals surface area contributed by atoms with Gasteiger partial charge in [0.1, 0.15) is 0 Å². The monoisotopic (exact) mass is 293 g/mol. The summed E-state index contributed by atoms with van der Waals surface area (Å²) in [4.78, 5) is 11.7. The number of nitrogens with zero attached hydrogens (tertiary/aromatic N) is 1.